The van der Waals surface area contributed by atoms with E-state index in [0.29, 0.717) is 0 Å². The van der Waals surface area contributed by atoms with Crippen LogP contribution < -0.4 is 0 Å². The SMILES string of the molecule is CC(O)C(=O)O.CC(O)C(=O)O.CC(O)C(=O)O.CC(O)C(=O)O.[Mo]. The molecular weight excluding hydrogens is 432 g/mol. The molecule has 0 bridgehead atoms. The van der Waals surface area contributed by atoms with Crippen molar-refractivity contribution in [2.45, 2.75) is 52.1 Å². The van der Waals surface area contributed by atoms with Gasteiger partial charge < -0.3 is 40.9 Å². The Morgan fingerprint density at radius 3 is 0.520 bits per heavy atom. The quantitative estimate of drug-likeness (QED) is 0.211. The fourth-order valence-corrected chi connectivity index (χ4v) is 0. The van der Waals surface area contributed by atoms with Gasteiger partial charge >= 0.3 is 23.9 Å². The zero-order valence-electron chi connectivity index (χ0n) is 13.9. The monoisotopic (exact) mass is 458 g/mol. The van der Waals surface area contributed by atoms with E-state index in [2.05, 4.69) is 0 Å². The molecule has 0 aromatic heterocycles. The van der Waals surface area contributed by atoms with Gasteiger partial charge in [-0.2, -0.15) is 0 Å². The summed E-state index contributed by atoms with van der Waals surface area (Å²) in [5.41, 5.74) is 0. The van der Waals surface area contributed by atoms with E-state index < -0.39 is 48.3 Å². The summed E-state index contributed by atoms with van der Waals surface area (Å²) in [4.78, 5) is 37.8. The maximum atomic E-state index is 9.45. The molecule has 0 aliphatic rings. The van der Waals surface area contributed by atoms with Crippen LogP contribution in [-0.4, -0.2) is 89.1 Å². The number of aliphatic carboxylic acids is 4. The first-order valence-electron chi connectivity index (χ1n) is 6.21. The Morgan fingerprint density at radius 2 is 0.520 bits per heavy atom. The number of carboxylic acid groups (broad SMARTS) is 4. The normalized spacial score (nSPS) is 13.1. The molecule has 0 rings (SSSR count). The first-order valence-corrected chi connectivity index (χ1v) is 6.21. The molecule has 150 valence electrons. The largest absolute Gasteiger partial charge is 0.479 e. The molecule has 0 spiro atoms. The van der Waals surface area contributed by atoms with Crippen LogP contribution in [0.5, 0.6) is 0 Å². The Hall–Kier alpha value is -1.59. The van der Waals surface area contributed by atoms with Gasteiger partial charge in [-0.1, -0.05) is 0 Å². The molecule has 4 unspecified atom stereocenters. The van der Waals surface area contributed by atoms with Crippen molar-refractivity contribution in [3.8, 4) is 0 Å². The minimum Gasteiger partial charge on any atom is -0.479 e. The molecule has 0 aliphatic heterocycles. The second kappa shape index (κ2) is 20.5. The van der Waals surface area contributed by atoms with E-state index in [1.165, 1.54) is 27.7 Å². The molecule has 0 aliphatic carbocycles. The predicted octanol–water partition coefficient (Wildman–Crippen LogP) is -2.20. The Balaban J connectivity index is -0.0000000702. The van der Waals surface area contributed by atoms with E-state index in [4.69, 9.17) is 40.9 Å². The number of carboxylic acids is 4. The van der Waals surface area contributed by atoms with Gasteiger partial charge in [-0.25, -0.2) is 19.2 Å². The van der Waals surface area contributed by atoms with Crippen LogP contribution in [0.15, 0.2) is 0 Å². The molecule has 0 saturated heterocycles. The van der Waals surface area contributed by atoms with Gasteiger partial charge in [-0.05, 0) is 27.7 Å². The van der Waals surface area contributed by atoms with E-state index in [-0.39, 0.29) is 21.1 Å². The molecule has 0 radical (unpaired) electrons. The van der Waals surface area contributed by atoms with Crippen molar-refractivity contribution in [2.75, 3.05) is 0 Å². The maximum absolute atomic E-state index is 9.45. The van der Waals surface area contributed by atoms with Crippen molar-refractivity contribution in [3.63, 3.8) is 0 Å². The second-order valence-corrected chi connectivity index (χ2v) is 4.06. The van der Waals surface area contributed by atoms with Crippen LogP contribution in [-0.2, 0) is 40.2 Å². The summed E-state index contributed by atoms with van der Waals surface area (Å²) in [6, 6.07) is 0. The molecule has 13 heteroatoms. The summed E-state index contributed by atoms with van der Waals surface area (Å²) in [5, 5.41) is 63.1. The molecule has 0 saturated carbocycles. The maximum Gasteiger partial charge on any atom is 0.332 e. The Kier molecular flexibility index (Phi) is 28.4. The molecule has 0 amide bonds. The van der Waals surface area contributed by atoms with E-state index in [9.17, 15) is 19.2 Å². The van der Waals surface area contributed by atoms with Crippen molar-refractivity contribution in [1.82, 2.24) is 0 Å². The van der Waals surface area contributed by atoms with E-state index in [1.54, 1.807) is 0 Å². The number of rotatable bonds is 4. The number of hydrogen-bond donors (Lipinski definition) is 8. The van der Waals surface area contributed by atoms with Crippen molar-refractivity contribution in [1.29, 1.82) is 0 Å². The van der Waals surface area contributed by atoms with Crippen molar-refractivity contribution in [3.05, 3.63) is 0 Å². The number of aliphatic hydroxyl groups excluding tert-OH is 4. The minimum absolute atomic E-state index is 0. The second-order valence-electron chi connectivity index (χ2n) is 4.06. The number of hydrogen-bond acceptors (Lipinski definition) is 8. The summed E-state index contributed by atoms with van der Waals surface area (Å²) >= 11 is 0. The average molecular weight is 456 g/mol. The van der Waals surface area contributed by atoms with E-state index in [1.807, 2.05) is 0 Å². The Bertz CT molecular complexity index is 306. The van der Waals surface area contributed by atoms with Crippen LogP contribution in [0.3, 0.4) is 0 Å². The number of aliphatic hydroxyl groups is 4. The molecule has 0 heterocycles. The van der Waals surface area contributed by atoms with Gasteiger partial charge in [0.25, 0.3) is 0 Å². The van der Waals surface area contributed by atoms with Crippen LogP contribution in [0.2, 0.25) is 0 Å². The zero-order chi connectivity index (χ0) is 20.6. The van der Waals surface area contributed by atoms with Gasteiger partial charge in [0.15, 0.2) is 0 Å². The Morgan fingerprint density at radius 1 is 0.480 bits per heavy atom. The van der Waals surface area contributed by atoms with Crippen molar-refractivity contribution >= 4 is 23.9 Å². The van der Waals surface area contributed by atoms with Crippen molar-refractivity contribution < 1.29 is 81.1 Å². The van der Waals surface area contributed by atoms with Gasteiger partial charge in [0, 0.05) is 21.1 Å². The molecule has 0 aromatic rings. The third kappa shape index (κ3) is 45.0. The first kappa shape index (κ1) is 34.7. The summed E-state index contributed by atoms with van der Waals surface area (Å²) in [6.07, 6.45) is -4.93. The summed E-state index contributed by atoms with van der Waals surface area (Å²) < 4.78 is 0. The van der Waals surface area contributed by atoms with Crippen LogP contribution >= 0.6 is 0 Å². The molecular formula is C12H24MoO12. The average Bonchev–Trinajstić information content (AvgIpc) is 2.40. The van der Waals surface area contributed by atoms with Gasteiger partial charge in [0.1, 0.15) is 24.4 Å². The fourth-order valence-electron chi connectivity index (χ4n) is 0. The van der Waals surface area contributed by atoms with E-state index >= 15 is 0 Å². The van der Waals surface area contributed by atoms with Gasteiger partial charge in [-0.15, -0.1) is 0 Å². The summed E-state index contributed by atoms with van der Waals surface area (Å²) in [5.74, 6) is -4.74. The van der Waals surface area contributed by atoms with Crippen LogP contribution in [0.4, 0.5) is 0 Å². The third-order valence-corrected chi connectivity index (χ3v) is 1.43. The molecule has 4 atom stereocenters. The first-order chi connectivity index (χ1) is 10.6. The minimum atomic E-state index is -1.23. The zero-order valence-corrected chi connectivity index (χ0v) is 15.9. The smallest absolute Gasteiger partial charge is 0.332 e. The Labute approximate surface area is 157 Å². The summed E-state index contributed by atoms with van der Waals surface area (Å²) in [7, 11) is 0. The van der Waals surface area contributed by atoms with Crippen LogP contribution in [0.25, 0.3) is 0 Å². The van der Waals surface area contributed by atoms with Crippen molar-refractivity contribution in [2.24, 2.45) is 0 Å². The molecule has 8 N–H and O–H groups in total. The standard InChI is InChI=1S/4C3H6O3.Mo/c4*1-2(4)3(5)6;/h4*2,4H,1H3,(H,5,6);. The van der Waals surface area contributed by atoms with Crippen LogP contribution in [0.1, 0.15) is 27.7 Å². The molecule has 0 aromatic carbocycles. The molecule has 0 fully saturated rings. The third-order valence-electron chi connectivity index (χ3n) is 1.43. The van der Waals surface area contributed by atoms with Gasteiger partial charge in [0.2, 0.25) is 0 Å². The van der Waals surface area contributed by atoms with Gasteiger partial charge in [0.05, 0.1) is 0 Å². The molecule has 12 nitrogen and oxygen atoms in total. The van der Waals surface area contributed by atoms with Gasteiger partial charge in [-0.3, -0.25) is 0 Å². The fraction of sp³-hybridized carbons (Fsp3) is 0.667. The summed E-state index contributed by atoms with van der Waals surface area (Å²) in [6.45, 7) is 4.79. The molecule has 25 heavy (non-hydrogen) atoms. The van der Waals surface area contributed by atoms with Crippen LogP contribution in [0, 0.1) is 0 Å². The predicted molar refractivity (Wildman–Crippen MR) is 77.3 cm³/mol. The van der Waals surface area contributed by atoms with E-state index in [0.717, 1.165) is 0 Å². The topological polar surface area (TPSA) is 230 Å². The number of carbonyl (C=O) groups is 4.